The molecule has 0 aliphatic rings. The minimum Gasteiger partial charge on any atom is -0.444 e. The highest BCUT2D eigenvalue weighted by atomic mass is 16.6. The predicted octanol–water partition coefficient (Wildman–Crippen LogP) is 3.96. The van der Waals surface area contributed by atoms with E-state index in [0.29, 0.717) is 12.4 Å². The molecule has 0 saturated heterocycles. The lowest BCUT2D eigenvalue weighted by Gasteiger charge is -2.19. The first-order valence-corrected chi connectivity index (χ1v) is 9.42. The summed E-state index contributed by atoms with van der Waals surface area (Å²) >= 11 is 0. The molecular formula is C22H30N4O2. The summed E-state index contributed by atoms with van der Waals surface area (Å²) < 4.78 is 5.21. The molecule has 1 aromatic carbocycles. The Morgan fingerprint density at radius 2 is 2.04 bits per heavy atom. The van der Waals surface area contributed by atoms with Gasteiger partial charge in [-0.1, -0.05) is 42.5 Å². The van der Waals surface area contributed by atoms with E-state index in [4.69, 9.17) is 10.5 Å². The number of ether oxygens (including phenoxy) is 1. The minimum absolute atomic E-state index is 0.0908. The number of nitrogens with one attached hydrogen (secondary N) is 2. The summed E-state index contributed by atoms with van der Waals surface area (Å²) in [6.07, 6.45) is 7.94. The van der Waals surface area contributed by atoms with Gasteiger partial charge in [0.25, 0.3) is 0 Å². The van der Waals surface area contributed by atoms with Gasteiger partial charge in [-0.3, -0.25) is 0 Å². The summed E-state index contributed by atoms with van der Waals surface area (Å²) in [5.41, 5.74) is 8.79. The predicted molar refractivity (Wildman–Crippen MR) is 113 cm³/mol. The van der Waals surface area contributed by atoms with Crippen LogP contribution in [-0.4, -0.2) is 27.7 Å². The molecule has 6 nitrogen and oxygen atoms in total. The van der Waals surface area contributed by atoms with Crippen LogP contribution in [0.3, 0.4) is 0 Å². The fourth-order valence-corrected chi connectivity index (χ4v) is 2.62. The first kappa shape index (κ1) is 21.4. The van der Waals surface area contributed by atoms with E-state index in [1.807, 2.05) is 64.1 Å². The van der Waals surface area contributed by atoms with E-state index in [2.05, 4.69) is 27.4 Å². The molecule has 0 radical (unpaired) electrons. The van der Waals surface area contributed by atoms with Crippen molar-refractivity contribution in [3.8, 4) is 0 Å². The molecule has 1 atom stereocenters. The Hall–Kier alpha value is -2.86. The smallest absolute Gasteiger partial charge is 0.407 e. The molecule has 2 rings (SSSR count). The molecule has 28 heavy (non-hydrogen) atoms. The van der Waals surface area contributed by atoms with Crippen LogP contribution in [-0.2, 0) is 17.7 Å². The second kappa shape index (κ2) is 9.90. The van der Waals surface area contributed by atoms with Gasteiger partial charge in [0.05, 0.1) is 12.2 Å². The normalized spacial score (nSPS) is 13.5. The van der Waals surface area contributed by atoms with Gasteiger partial charge in [0.15, 0.2) is 0 Å². The molecule has 1 amide bonds. The van der Waals surface area contributed by atoms with Crippen molar-refractivity contribution < 1.29 is 9.53 Å². The maximum atomic E-state index is 11.7. The van der Waals surface area contributed by atoms with E-state index in [1.165, 1.54) is 5.56 Å². The van der Waals surface area contributed by atoms with Crippen LogP contribution in [0, 0.1) is 0 Å². The zero-order chi connectivity index (χ0) is 20.6. The molecule has 1 heterocycles. The van der Waals surface area contributed by atoms with Gasteiger partial charge in [-0.2, -0.15) is 0 Å². The van der Waals surface area contributed by atoms with Crippen molar-refractivity contribution in [2.24, 2.45) is 5.73 Å². The molecule has 0 spiro atoms. The lowest BCUT2D eigenvalue weighted by molar-refractivity contribution is 0.0523. The number of nitrogens with zero attached hydrogens (tertiary/aromatic N) is 1. The Balaban J connectivity index is 1.90. The monoisotopic (exact) mass is 382 g/mol. The summed E-state index contributed by atoms with van der Waals surface area (Å²) in [5.74, 6) is 0.701. The molecule has 0 fully saturated rings. The van der Waals surface area contributed by atoms with Gasteiger partial charge in [0.1, 0.15) is 11.4 Å². The molecule has 0 saturated carbocycles. The molecule has 1 aromatic heterocycles. The third kappa shape index (κ3) is 7.40. The topological polar surface area (TPSA) is 93.0 Å². The molecule has 2 aromatic rings. The quantitative estimate of drug-likeness (QED) is 0.632. The fraction of sp³-hybridized carbons (Fsp3) is 0.364. The lowest BCUT2D eigenvalue weighted by atomic mass is 9.99. The third-order valence-electron chi connectivity index (χ3n) is 3.96. The Morgan fingerprint density at radius 1 is 1.32 bits per heavy atom. The molecule has 4 N–H and O–H groups in total. The van der Waals surface area contributed by atoms with Crippen LogP contribution in [0.4, 0.5) is 4.79 Å². The average Bonchev–Trinajstić information content (AvgIpc) is 3.08. The zero-order valence-corrected chi connectivity index (χ0v) is 17.0. The van der Waals surface area contributed by atoms with Gasteiger partial charge < -0.3 is 20.8 Å². The van der Waals surface area contributed by atoms with Crippen LogP contribution in [0.15, 0.2) is 54.3 Å². The number of hydrogen-bond acceptors (Lipinski definition) is 4. The van der Waals surface area contributed by atoms with Crippen molar-refractivity contribution >= 4 is 12.2 Å². The van der Waals surface area contributed by atoms with Crippen molar-refractivity contribution in [3.05, 3.63) is 71.3 Å². The Kier molecular flexibility index (Phi) is 7.58. The number of rotatable bonds is 7. The van der Waals surface area contributed by atoms with E-state index >= 15 is 0 Å². The number of carbonyl (C=O) groups is 1. The molecule has 1 unspecified atom stereocenters. The number of aromatic nitrogens is 2. The largest absolute Gasteiger partial charge is 0.444 e. The van der Waals surface area contributed by atoms with Crippen LogP contribution in [0.25, 0.3) is 6.08 Å². The minimum atomic E-state index is -0.523. The molecule has 0 aliphatic carbocycles. The Morgan fingerprint density at radius 3 is 2.68 bits per heavy atom. The molecule has 6 heteroatoms. The lowest BCUT2D eigenvalue weighted by Crippen LogP contribution is -2.32. The maximum absolute atomic E-state index is 11.7. The number of allylic oxidation sites excluding steroid dienone is 1. The maximum Gasteiger partial charge on any atom is 0.407 e. The number of H-pyrrole nitrogens is 1. The van der Waals surface area contributed by atoms with E-state index in [9.17, 15) is 4.79 Å². The van der Waals surface area contributed by atoms with Gasteiger partial charge in [-0.15, -0.1) is 0 Å². The summed E-state index contributed by atoms with van der Waals surface area (Å²) in [6.45, 7) is 7.74. The fourth-order valence-electron chi connectivity index (χ4n) is 2.62. The number of carbonyl (C=O) groups excluding carboxylic acids is 1. The van der Waals surface area contributed by atoms with Gasteiger partial charge in [0, 0.05) is 12.2 Å². The van der Waals surface area contributed by atoms with Crippen molar-refractivity contribution in [3.63, 3.8) is 0 Å². The number of hydrogen-bond donors (Lipinski definition) is 3. The SMILES string of the molecule is C/C=C(\C=C/c1nc(CNC(=O)OC(C)(C)C)c[nH]1)C(N)Cc1ccccc1. The van der Waals surface area contributed by atoms with Crippen LogP contribution in [0.2, 0.25) is 0 Å². The Bertz CT molecular complexity index is 817. The number of nitrogens with two attached hydrogens (primary N) is 1. The number of benzene rings is 1. The summed E-state index contributed by atoms with van der Waals surface area (Å²) in [7, 11) is 0. The number of amides is 1. The standard InChI is InChI=1S/C22H30N4O2/c1-5-17(19(23)13-16-9-7-6-8-10-16)11-12-20-24-14-18(26-20)15-25-21(27)28-22(2,3)4/h5-12,14,19H,13,15,23H2,1-4H3,(H,24,26)(H,25,27)/b12-11-,17-5+. The Labute approximate surface area is 166 Å². The average molecular weight is 383 g/mol. The summed E-state index contributed by atoms with van der Waals surface area (Å²) in [6, 6.07) is 10.1. The summed E-state index contributed by atoms with van der Waals surface area (Å²) in [5, 5.41) is 2.69. The van der Waals surface area contributed by atoms with Gasteiger partial charge in [-0.25, -0.2) is 9.78 Å². The first-order chi connectivity index (χ1) is 13.3. The number of alkyl carbamates (subject to hydrolysis) is 1. The number of aromatic amines is 1. The first-order valence-electron chi connectivity index (χ1n) is 9.42. The highest BCUT2D eigenvalue weighted by Gasteiger charge is 2.16. The second-order valence-electron chi connectivity index (χ2n) is 7.55. The van der Waals surface area contributed by atoms with Crippen molar-refractivity contribution in [2.75, 3.05) is 0 Å². The van der Waals surface area contributed by atoms with Crippen molar-refractivity contribution in [2.45, 2.75) is 52.3 Å². The van der Waals surface area contributed by atoms with E-state index < -0.39 is 11.7 Å². The third-order valence-corrected chi connectivity index (χ3v) is 3.96. The van der Waals surface area contributed by atoms with E-state index in [0.717, 1.165) is 17.7 Å². The number of imidazole rings is 1. The van der Waals surface area contributed by atoms with Crippen molar-refractivity contribution in [1.29, 1.82) is 0 Å². The molecule has 0 bridgehead atoms. The zero-order valence-electron chi connectivity index (χ0n) is 17.0. The van der Waals surface area contributed by atoms with Crippen LogP contribution < -0.4 is 11.1 Å². The molecule has 150 valence electrons. The highest BCUT2D eigenvalue weighted by Crippen LogP contribution is 2.12. The van der Waals surface area contributed by atoms with Crippen LogP contribution in [0.1, 0.15) is 44.8 Å². The van der Waals surface area contributed by atoms with Crippen LogP contribution >= 0.6 is 0 Å². The molecule has 0 aliphatic heterocycles. The highest BCUT2D eigenvalue weighted by molar-refractivity contribution is 5.67. The molecular weight excluding hydrogens is 352 g/mol. The van der Waals surface area contributed by atoms with Crippen molar-refractivity contribution in [1.82, 2.24) is 15.3 Å². The second-order valence-corrected chi connectivity index (χ2v) is 7.55. The van der Waals surface area contributed by atoms with E-state index in [1.54, 1.807) is 6.20 Å². The van der Waals surface area contributed by atoms with Gasteiger partial charge in [0.2, 0.25) is 0 Å². The van der Waals surface area contributed by atoms with Gasteiger partial charge >= 0.3 is 6.09 Å². The summed E-state index contributed by atoms with van der Waals surface area (Å²) in [4.78, 5) is 19.2. The van der Waals surface area contributed by atoms with E-state index in [-0.39, 0.29) is 6.04 Å². The van der Waals surface area contributed by atoms with Crippen LogP contribution in [0.5, 0.6) is 0 Å². The van der Waals surface area contributed by atoms with Gasteiger partial charge in [-0.05, 0) is 51.3 Å².